The third-order valence-corrected chi connectivity index (χ3v) is 3.39. The number of amides is 1. The molecule has 0 aliphatic carbocycles. The van der Waals surface area contributed by atoms with E-state index in [4.69, 9.17) is 4.74 Å². The number of alkyl halides is 3. The van der Waals surface area contributed by atoms with Gasteiger partial charge in [-0.3, -0.25) is 4.90 Å². The summed E-state index contributed by atoms with van der Waals surface area (Å²) in [6, 6.07) is 4.11. The molecule has 1 amide bonds. The van der Waals surface area contributed by atoms with Crippen LogP contribution in [0.3, 0.4) is 0 Å². The van der Waals surface area contributed by atoms with E-state index in [1.54, 1.807) is 20.8 Å². The predicted molar refractivity (Wildman–Crippen MR) is 78.9 cm³/mol. The Kier molecular flexibility index (Phi) is 5.13. The molecule has 0 N–H and O–H groups in total. The van der Waals surface area contributed by atoms with Crippen LogP contribution in [0.5, 0.6) is 0 Å². The van der Waals surface area contributed by atoms with Gasteiger partial charge in [0, 0.05) is 7.05 Å². The number of benzene rings is 1. The monoisotopic (exact) mass is 331 g/mol. The van der Waals surface area contributed by atoms with Gasteiger partial charge in [0.1, 0.15) is 17.4 Å². The first-order chi connectivity index (χ1) is 10.3. The molecule has 0 saturated heterocycles. The Morgan fingerprint density at radius 3 is 1.83 bits per heavy atom. The average molecular weight is 331 g/mol. The number of carbonyl (C=O) groups excluding carboxylic acids is 2. The van der Waals surface area contributed by atoms with Gasteiger partial charge < -0.3 is 9.53 Å². The second-order valence-corrected chi connectivity index (χ2v) is 6.38. The van der Waals surface area contributed by atoms with Crippen molar-refractivity contribution in [2.24, 2.45) is 0 Å². The molecule has 0 aromatic heterocycles. The number of aldehydes is 1. The van der Waals surface area contributed by atoms with Gasteiger partial charge in [0.25, 0.3) is 0 Å². The molecule has 1 rings (SSSR count). The third kappa shape index (κ3) is 4.46. The summed E-state index contributed by atoms with van der Waals surface area (Å²) in [5, 5.41) is 0. The van der Waals surface area contributed by atoms with E-state index in [0.717, 1.165) is 17.0 Å². The third-order valence-electron chi connectivity index (χ3n) is 3.39. The maximum atomic E-state index is 12.6. The van der Waals surface area contributed by atoms with E-state index in [0.29, 0.717) is 6.29 Å². The zero-order chi connectivity index (χ0) is 18.1. The highest BCUT2D eigenvalue weighted by Crippen LogP contribution is 2.32. The second-order valence-electron chi connectivity index (χ2n) is 6.38. The summed E-state index contributed by atoms with van der Waals surface area (Å²) < 4.78 is 43.0. The van der Waals surface area contributed by atoms with Crippen LogP contribution >= 0.6 is 0 Å². The lowest BCUT2D eigenvalue weighted by molar-refractivity contribution is -0.137. The smallest absolute Gasteiger partial charge is 0.416 e. The van der Waals surface area contributed by atoms with Crippen molar-refractivity contribution in [1.82, 2.24) is 4.90 Å². The molecule has 0 spiro atoms. The maximum absolute atomic E-state index is 12.6. The first kappa shape index (κ1) is 19.0. The highest BCUT2D eigenvalue weighted by Gasteiger charge is 2.38. The van der Waals surface area contributed by atoms with Gasteiger partial charge in [-0.25, -0.2) is 4.79 Å². The number of nitrogens with zero attached hydrogens (tertiary/aromatic N) is 1. The fourth-order valence-electron chi connectivity index (χ4n) is 1.86. The molecular weight excluding hydrogens is 311 g/mol. The fourth-order valence-corrected chi connectivity index (χ4v) is 1.86. The first-order valence-electron chi connectivity index (χ1n) is 6.92. The topological polar surface area (TPSA) is 46.6 Å². The molecule has 1 atom stereocenters. The van der Waals surface area contributed by atoms with Gasteiger partial charge in [-0.15, -0.1) is 0 Å². The Balaban J connectivity index is 3.14. The summed E-state index contributed by atoms with van der Waals surface area (Å²) in [7, 11) is 1.36. The Hall–Kier alpha value is -2.05. The van der Waals surface area contributed by atoms with E-state index in [9.17, 15) is 22.8 Å². The van der Waals surface area contributed by atoms with E-state index in [2.05, 4.69) is 0 Å². The SMILES string of the molecule is CN(C(=O)OC(C)(C)C)C(C)(C=O)c1ccc(C(F)(F)F)cc1. The van der Waals surface area contributed by atoms with Gasteiger partial charge in [-0.1, -0.05) is 12.1 Å². The Morgan fingerprint density at radius 1 is 1.04 bits per heavy atom. The minimum Gasteiger partial charge on any atom is -0.444 e. The molecule has 0 bridgehead atoms. The van der Waals surface area contributed by atoms with Crippen molar-refractivity contribution in [2.75, 3.05) is 7.05 Å². The van der Waals surface area contributed by atoms with Crippen LogP contribution in [0.25, 0.3) is 0 Å². The van der Waals surface area contributed by atoms with E-state index in [1.807, 2.05) is 0 Å². The lowest BCUT2D eigenvalue weighted by atomic mass is 9.91. The number of likely N-dealkylation sites (N-methyl/N-ethyl adjacent to an activating group) is 1. The molecule has 23 heavy (non-hydrogen) atoms. The van der Waals surface area contributed by atoms with Crippen molar-refractivity contribution in [1.29, 1.82) is 0 Å². The average Bonchev–Trinajstić information content (AvgIpc) is 2.43. The van der Waals surface area contributed by atoms with Crippen molar-refractivity contribution in [3.8, 4) is 0 Å². The molecule has 0 aliphatic heterocycles. The number of halogens is 3. The van der Waals surface area contributed by atoms with Crippen molar-refractivity contribution < 1.29 is 27.5 Å². The minimum absolute atomic E-state index is 0.258. The van der Waals surface area contributed by atoms with Crippen molar-refractivity contribution in [3.63, 3.8) is 0 Å². The molecule has 0 aliphatic rings. The van der Waals surface area contributed by atoms with Gasteiger partial charge in [-0.2, -0.15) is 13.2 Å². The largest absolute Gasteiger partial charge is 0.444 e. The lowest BCUT2D eigenvalue weighted by Crippen LogP contribution is -2.48. The van der Waals surface area contributed by atoms with Gasteiger partial charge in [0.05, 0.1) is 5.56 Å². The fraction of sp³-hybridized carbons (Fsp3) is 0.500. The van der Waals surface area contributed by atoms with Crippen LogP contribution in [0.4, 0.5) is 18.0 Å². The zero-order valence-electron chi connectivity index (χ0n) is 13.7. The molecule has 4 nitrogen and oxygen atoms in total. The number of ether oxygens (including phenoxy) is 1. The van der Waals surface area contributed by atoms with E-state index in [-0.39, 0.29) is 5.56 Å². The lowest BCUT2D eigenvalue weighted by Gasteiger charge is -2.35. The van der Waals surface area contributed by atoms with Crippen LogP contribution < -0.4 is 0 Å². The van der Waals surface area contributed by atoms with Crippen molar-refractivity contribution in [2.45, 2.75) is 45.0 Å². The molecule has 1 unspecified atom stereocenters. The summed E-state index contributed by atoms with van der Waals surface area (Å²) in [6.07, 6.45) is -4.71. The summed E-state index contributed by atoms with van der Waals surface area (Å²) >= 11 is 0. The Bertz CT molecular complexity index is 576. The first-order valence-corrected chi connectivity index (χ1v) is 6.92. The Morgan fingerprint density at radius 2 is 1.48 bits per heavy atom. The van der Waals surface area contributed by atoms with Crippen LogP contribution in [-0.4, -0.2) is 29.9 Å². The predicted octanol–water partition coefficient (Wildman–Crippen LogP) is 3.99. The highest BCUT2D eigenvalue weighted by molar-refractivity contribution is 5.77. The van der Waals surface area contributed by atoms with Gasteiger partial charge in [0.15, 0.2) is 0 Å². The van der Waals surface area contributed by atoms with Gasteiger partial charge in [0.2, 0.25) is 0 Å². The number of carbonyl (C=O) groups is 2. The molecule has 1 aromatic rings. The summed E-state index contributed by atoms with van der Waals surface area (Å²) in [6.45, 7) is 6.46. The van der Waals surface area contributed by atoms with E-state index < -0.39 is 29.0 Å². The van der Waals surface area contributed by atoms with Crippen molar-refractivity contribution in [3.05, 3.63) is 35.4 Å². The molecule has 1 aromatic carbocycles. The molecule has 0 radical (unpaired) electrons. The molecular formula is C16H20F3NO3. The molecule has 0 fully saturated rings. The standard InChI is InChI=1S/C16H20F3NO3/c1-14(2,3)23-13(22)20(5)15(4,10-21)11-6-8-12(9-7-11)16(17,18)19/h6-10H,1-5H3. The van der Waals surface area contributed by atoms with Gasteiger partial charge >= 0.3 is 12.3 Å². The molecule has 0 heterocycles. The summed E-state index contributed by atoms with van der Waals surface area (Å²) in [5.74, 6) is 0. The van der Waals surface area contributed by atoms with Crippen LogP contribution in [0, 0.1) is 0 Å². The number of hydrogen-bond donors (Lipinski definition) is 0. The minimum atomic E-state index is -4.47. The van der Waals surface area contributed by atoms with Gasteiger partial charge in [-0.05, 0) is 45.4 Å². The van der Waals surface area contributed by atoms with Crippen LogP contribution in [0.15, 0.2) is 24.3 Å². The van der Waals surface area contributed by atoms with E-state index in [1.165, 1.54) is 26.1 Å². The van der Waals surface area contributed by atoms with Crippen LogP contribution in [-0.2, 0) is 21.2 Å². The quantitative estimate of drug-likeness (QED) is 0.787. The summed E-state index contributed by atoms with van der Waals surface area (Å²) in [5.41, 5.74) is -2.76. The molecule has 0 saturated carbocycles. The normalized spacial score (nSPS) is 14.8. The van der Waals surface area contributed by atoms with E-state index >= 15 is 0 Å². The summed E-state index contributed by atoms with van der Waals surface area (Å²) in [4.78, 5) is 24.7. The number of hydrogen-bond acceptors (Lipinski definition) is 3. The maximum Gasteiger partial charge on any atom is 0.416 e. The van der Waals surface area contributed by atoms with Crippen molar-refractivity contribution >= 4 is 12.4 Å². The Labute approximate surface area is 133 Å². The van der Waals surface area contributed by atoms with Crippen LogP contribution in [0.2, 0.25) is 0 Å². The number of rotatable bonds is 3. The molecule has 128 valence electrons. The second kappa shape index (κ2) is 6.22. The highest BCUT2D eigenvalue weighted by atomic mass is 19.4. The molecule has 7 heteroatoms. The zero-order valence-corrected chi connectivity index (χ0v) is 13.7. The van der Waals surface area contributed by atoms with Crippen LogP contribution in [0.1, 0.15) is 38.8 Å².